The van der Waals surface area contributed by atoms with E-state index in [0.717, 1.165) is 11.3 Å². The highest BCUT2D eigenvalue weighted by Crippen LogP contribution is 2.12. The average molecular weight is 285 g/mol. The molecule has 0 aliphatic heterocycles. The highest BCUT2D eigenvalue weighted by atomic mass is 16.5. The fraction of sp³-hybridized carbons (Fsp3) is 0.214. The first kappa shape index (κ1) is 13.3. The van der Waals surface area contributed by atoms with Crippen molar-refractivity contribution in [3.05, 3.63) is 58.9 Å². The summed E-state index contributed by atoms with van der Waals surface area (Å²) in [5.41, 5.74) is 6.90. The molecule has 108 valence electrons. The summed E-state index contributed by atoms with van der Waals surface area (Å²) in [4.78, 5) is 16.0. The lowest BCUT2D eigenvalue weighted by Crippen LogP contribution is -2.23. The van der Waals surface area contributed by atoms with Crippen LogP contribution in [0.15, 0.2) is 47.7 Å². The van der Waals surface area contributed by atoms with Crippen molar-refractivity contribution in [1.82, 2.24) is 19.2 Å². The van der Waals surface area contributed by atoms with Crippen molar-refractivity contribution in [1.29, 1.82) is 0 Å². The topological polar surface area (TPSA) is 87.4 Å². The van der Waals surface area contributed by atoms with E-state index < -0.39 is 0 Å². The van der Waals surface area contributed by atoms with E-state index in [4.69, 9.17) is 10.5 Å². The van der Waals surface area contributed by atoms with Gasteiger partial charge in [-0.1, -0.05) is 12.1 Å². The van der Waals surface area contributed by atoms with E-state index >= 15 is 0 Å². The van der Waals surface area contributed by atoms with E-state index in [2.05, 4.69) is 10.1 Å². The molecule has 3 rings (SSSR count). The van der Waals surface area contributed by atoms with Gasteiger partial charge in [0, 0.05) is 18.9 Å². The molecule has 0 atom stereocenters. The Kier molecular flexibility index (Phi) is 3.65. The maximum Gasteiger partial charge on any atom is 0.350 e. The second kappa shape index (κ2) is 5.76. The van der Waals surface area contributed by atoms with E-state index in [1.54, 1.807) is 18.6 Å². The number of benzene rings is 1. The molecular weight excluding hydrogens is 270 g/mol. The van der Waals surface area contributed by atoms with Crippen molar-refractivity contribution in [2.75, 3.05) is 6.61 Å². The maximum absolute atomic E-state index is 12.0. The van der Waals surface area contributed by atoms with E-state index in [0.29, 0.717) is 25.3 Å². The number of hydrogen-bond acceptors (Lipinski definition) is 5. The summed E-state index contributed by atoms with van der Waals surface area (Å²) in [7, 11) is 0. The van der Waals surface area contributed by atoms with Gasteiger partial charge in [-0.15, -0.1) is 5.10 Å². The van der Waals surface area contributed by atoms with Crippen LogP contribution >= 0.6 is 0 Å². The Morgan fingerprint density at radius 1 is 1.33 bits per heavy atom. The standard InChI is InChI=1S/C14H15N5O2/c15-9-11-2-1-3-12(8-11)21-7-6-19-14(20)18-5-4-16-10-13(18)17-19/h1-5,8,10H,6-7,9,15H2. The van der Waals surface area contributed by atoms with E-state index in [9.17, 15) is 4.79 Å². The number of rotatable bonds is 5. The Hall–Kier alpha value is -2.67. The third-order valence-electron chi connectivity index (χ3n) is 3.09. The smallest absolute Gasteiger partial charge is 0.350 e. The molecule has 0 bridgehead atoms. The van der Waals surface area contributed by atoms with Gasteiger partial charge in [-0.25, -0.2) is 13.9 Å². The van der Waals surface area contributed by atoms with Crippen molar-refractivity contribution >= 4 is 5.65 Å². The third-order valence-corrected chi connectivity index (χ3v) is 3.09. The summed E-state index contributed by atoms with van der Waals surface area (Å²) < 4.78 is 8.43. The van der Waals surface area contributed by atoms with Crippen LogP contribution in [0.5, 0.6) is 5.75 Å². The quantitative estimate of drug-likeness (QED) is 0.734. The van der Waals surface area contributed by atoms with Crippen LogP contribution in [0.3, 0.4) is 0 Å². The number of fused-ring (bicyclic) bond motifs is 1. The van der Waals surface area contributed by atoms with Gasteiger partial charge in [-0.2, -0.15) is 0 Å². The van der Waals surface area contributed by atoms with Crippen LogP contribution in [-0.4, -0.2) is 25.8 Å². The second-order valence-electron chi connectivity index (χ2n) is 4.51. The van der Waals surface area contributed by atoms with Crippen LogP contribution in [0.2, 0.25) is 0 Å². The predicted molar refractivity (Wildman–Crippen MR) is 77.1 cm³/mol. The van der Waals surface area contributed by atoms with Gasteiger partial charge in [0.05, 0.1) is 12.7 Å². The van der Waals surface area contributed by atoms with Crippen molar-refractivity contribution in [3.63, 3.8) is 0 Å². The molecule has 0 amide bonds. The molecule has 2 heterocycles. The van der Waals surface area contributed by atoms with E-state index in [-0.39, 0.29) is 5.69 Å². The molecule has 0 saturated heterocycles. The molecule has 2 aromatic heterocycles. The number of nitrogens with zero attached hydrogens (tertiary/aromatic N) is 4. The van der Waals surface area contributed by atoms with Gasteiger partial charge in [0.2, 0.25) is 0 Å². The summed E-state index contributed by atoms with van der Waals surface area (Å²) in [6, 6.07) is 7.57. The highest BCUT2D eigenvalue weighted by molar-refractivity contribution is 5.31. The van der Waals surface area contributed by atoms with Gasteiger partial charge in [0.1, 0.15) is 12.4 Å². The van der Waals surface area contributed by atoms with Gasteiger partial charge in [-0.05, 0) is 17.7 Å². The van der Waals surface area contributed by atoms with Gasteiger partial charge in [0.15, 0.2) is 5.65 Å². The molecule has 0 saturated carbocycles. The van der Waals surface area contributed by atoms with Crippen LogP contribution in [-0.2, 0) is 13.1 Å². The van der Waals surface area contributed by atoms with Crippen molar-refractivity contribution in [2.24, 2.45) is 5.73 Å². The van der Waals surface area contributed by atoms with Crippen molar-refractivity contribution in [3.8, 4) is 5.75 Å². The minimum Gasteiger partial charge on any atom is -0.492 e. The number of ether oxygens (including phenoxy) is 1. The molecule has 1 aromatic carbocycles. The number of aromatic nitrogens is 4. The van der Waals surface area contributed by atoms with Crippen LogP contribution in [0.1, 0.15) is 5.56 Å². The Morgan fingerprint density at radius 3 is 3.05 bits per heavy atom. The van der Waals surface area contributed by atoms with Crippen LogP contribution < -0.4 is 16.2 Å². The number of nitrogens with two attached hydrogens (primary N) is 1. The molecule has 21 heavy (non-hydrogen) atoms. The summed E-state index contributed by atoms with van der Waals surface area (Å²) in [5.74, 6) is 0.733. The zero-order valence-electron chi connectivity index (χ0n) is 11.3. The summed E-state index contributed by atoms with van der Waals surface area (Å²) in [6.07, 6.45) is 4.69. The summed E-state index contributed by atoms with van der Waals surface area (Å²) in [5, 5.41) is 4.18. The fourth-order valence-corrected chi connectivity index (χ4v) is 2.04. The zero-order chi connectivity index (χ0) is 14.7. The van der Waals surface area contributed by atoms with Crippen molar-refractivity contribution < 1.29 is 4.74 Å². The molecule has 7 nitrogen and oxygen atoms in total. The first-order chi connectivity index (χ1) is 10.3. The van der Waals surface area contributed by atoms with E-state index in [1.807, 2.05) is 24.3 Å². The average Bonchev–Trinajstić information content (AvgIpc) is 2.84. The third kappa shape index (κ3) is 2.77. The van der Waals surface area contributed by atoms with Gasteiger partial charge < -0.3 is 10.5 Å². The molecule has 0 radical (unpaired) electrons. The lowest BCUT2D eigenvalue weighted by atomic mass is 10.2. The molecule has 0 spiro atoms. The fourth-order valence-electron chi connectivity index (χ4n) is 2.04. The lowest BCUT2D eigenvalue weighted by Gasteiger charge is -2.06. The summed E-state index contributed by atoms with van der Waals surface area (Å²) >= 11 is 0. The SMILES string of the molecule is NCc1cccc(OCCn2nc3cnccn3c2=O)c1. The molecule has 0 aliphatic carbocycles. The Labute approximate surface area is 120 Å². The second-order valence-corrected chi connectivity index (χ2v) is 4.51. The van der Waals surface area contributed by atoms with Crippen LogP contribution in [0, 0.1) is 0 Å². The minimum atomic E-state index is -0.202. The zero-order valence-corrected chi connectivity index (χ0v) is 11.3. The Morgan fingerprint density at radius 2 is 2.24 bits per heavy atom. The van der Waals surface area contributed by atoms with Crippen molar-refractivity contribution in [2.45, 2.75) is 13.1 Å². The highest BCUT2D eigenvalue weighted by Gasteiger charge is 2.06. The maximum atomic E-state index is 12.0. The largest absolute Gasteiger partial charge is 0.492 e. The molecule has 3 aromatic rings. The minimum absolute atomic E-state index is 0.202. The molecule has 0 aliphatic rings. The summed E-state index contributed by atoms with van der Waals surface area (Å²) in [6.45, 7) is 1.19. The molecule has 0 fully saturated rings. The molecular formula is C14H15N5O2. The first-order valence-electron chi connectivity index (χ1n) is 6.59. The molecule has 7 heteroatoms. The van der Waals surface area contributed by atoms with Gasteiger partial charge in [0.25, 0.3) is 0 Å². The normalized spacial score (nSPS) is 10.9. The predicted octanol–water partition coefficient (Wildman–Crippen LogP) is 0.429. The van der Waals surface area contributed by atoms with Crippen LogP contribution in [0.25, 0.3) is 5.65 Å². The first-order valence-corrected chi connectivity index (χ1v) is 6.59. The number of hydrogen-bond donors (Lipinski definition) is 1. The van der Waals surface area contributed by atoms with Gasteiger partial charge in [-0.3, -0.25) is 4.98 Å². The Bertz CT molecular complexity index is 808. The van der Waals surface area contributed by atoms with Gasteiger partial charge >= 0.3 is 5.69 Å². The molecule has 0 unspecified atom stereocenters. The monoisotopic (exact) mass is 285 g/mol. The Balaban J connectivity index is 1.69. The lowest BCUT2D eigenvalue weighted by molar-refractivity contribution is 0.289. The molecule has 2 N–H and O–H groups in total. The van der Waals surface area contributed by atoms with E-state index in [1.165, 1.54) is 9.08 Å². The van der Waals surface area contributed by atoms with Crippen LogP contribution in [0.4, 0.5) is 0 Å².